The number of hydrogen-bond acceptors (Lipinski definition) is 5. The minimum atomic E-state index is -0.123. The standard InChI is InChI=1S/C31H25N3O2S/c1-22-29(28-17-16-25(20-32)37-28)31(35)34(19-18-23-10-4-2-5-11-23)30(33-22)26-14-8-9-15-27(26)36-21-24-12-6-3-7-13-24/h2-17H,18-19,21H2,1H3. The fourth-order valence-corrected chi connectivity index (χ4v) is 5.18. The van der Waals surface area contributed by atoms with Crippen molar-refractivity contribution in [3.8, 4) is 33.6 Å². The predicted molar refractivity (Wildman–Crippen MR) is 148 cm³/mol. The minimum absolute atomic E-state index is 0.123. The molecule has 2 aromatic heterocycles. The molecule has 0 N–H and O–H groups in total. The van der Waals surface area contributed by atoms with E-state index in [0.29, 0.717) is 47.3 Å². The summed E-state index contributed by atoms with van der Waals surface area (Å²) in [7, 11) is 0. The quantitative estimate of drug-likeness (QED) is 0.238. The molecule has 0 aliphatic carbocycles. The molecule has 0 atom stereocenters. The lowest BCUT2D eigenvalue weighted by molar-refractivity contribution is 0.307. The van der Waals surface area contributed by atoms with Gasteiger partial charge >= 0.3 is 0 Å². The number of aryl methyl sites for hydroxylation is 2. The van der Waals surface area contributed by atoms with E-state index in [4.69, 9.17) is 9.72 Å². The summed E-state index contributed by atoms with van der Waals surface area (Å²) in [6.45, 7) is 2.72. The van der Waals surface area contributed by atoms with Crippen molar-refractivity contribution in [1.82, 2.24) is 9.55 Å². The van der Waals surface area contributed by atoms with E-state index in [1.807, 2.05) is 85.8 Å². The molecule has 37 heavy (non-hydrogen) atoms. The van der Waals surface area contributed by atoms with Gasteiger partial charge < -0.3 is 4.74 Å². The average Bonchev–Trinajstić information content (AvgIpc) is 3.41. The summed E-state index contributed by atoms with van der Waals surface area (Å²) in [6, 6.07) is 33.5. The summed E-state index contributed by atoms with van der Waals surface area (Å²) in [4.78, 5) is 20.3. The summed E-state index contributed by atoms with van der Waals surface area (Å²) in [5, 5.41) is 9.31. The van der Waals surface area contributed by atoms with Crippen LogP contribution in [0.4, 0.5) is 0 Å². The third-order valence-electron chi connectivity index (χ3n) is 6.14. The maximum atomic E-state index is 14.0. The molecule has 0 spiro atoms. The van der Waals surface area contributed by atoms with Crippen LogP contribution in [0.1, 0.15) is 21.7 Å². The second-order valence-corrected chi connectivity index (χ2v) is 9.72. The summed E-state index contributed by atoms with van der Waals surface area (Å²) in [5.41, 5.74) is 4.00. The molecule has 0 aliphatic heterocycles. The van der Waals surface area contributed by atoms with Gasteiger partial charge in [-0.15, -0.1) is 11.3 Å². The SMILES string of the molecule is Cc1nc(-c2ccccc2OCc2ccccc2)n(CCc2ccccc2)c(=O)c1-c1ccc(C#N)s1. The first-order chi connectivity index (χ1) is 18.1. The van der Waals surface area contributed by atoms with Crippen LogP contribution in [0.25, 0.3) is 21.8 Å². The number of aromatic nitrogens is 2. The second kappa shape index (κ2) is 11.1. The molecule has 2 heterocycles. The van der Waals surface area contributed by atoms with E-state index in [9.17, 15) is 10.1 Å². The highest BCUT2D eigenvalue weighted by molar-refractivity contribution is 7.16. The number of para-hydroxylation sites is 1. The first kappa shape index (κ1) is 24.2. The number of thiophene rings is 1. The molecule has 5 rings (SSSR count). The van der Waals surface area contributed by atoms with Gasteiger partial charge in [-0.25, -0.2) is 4.98 Å². The first-order valence-corrected chi connectivity index (χ1v) is 12.9. The Balaban J connectivity index is 1.60. The van der Waals surface area contributed by atoms with E-state index < -0.39 is 0 Å². The molecule has 0 aliphatic rings. The molecule has 0 amide bonds. The number of nitrogens with zero attached hydrogens (tertiary/aromatic N) is 3. The minimum Gasteiger partial charge on any atom is -0.488 e. The third-order valence-corrected chi connectivity index (χ3v) is 7.15. The Morgan fingerprint density at radius 3 is 2.27 bits per heavy atom. The molecular weight excluding hydrogens is 478 g/mol. The van der Waals surface area contributed by atoms with Gasteiger partial charge in [0, 0.05) is 11.4 Å². The van der Waals surface area contributed by atoms with Gasteiger partial charge in [-0.1, -0.05) is 72.8 Å². The monoisotopic (exact) mass is 503 g/mol. The van der Waals surface area contributed by atoms with Crippen molar-refractivity contribution in [1.29, 1.82) is 5.26 Å². The average molecular weight is 504 g/mol. The van der Waals surface area contributed by atoms with Gasteiger partial charge in [0.25, 0.3) is 5.56 Å². The van der Waals surface area contributed by atoms with Gasteiger partial charge in [-0.2, -0.15) is 5.26 Å². The number of hydrogen-bond donors (Lipinski definition) is 0. The van der Waals surface area contributed by atoms with Crippen LogP contribution in [0.3, 0.4) is 0 Å². The third kappa shape index (κ3) is 5.37. The Bertz CT molecular complexity index is 1620. The highest BCUT2D eigenvalue weighted by Crippen LogP contribution is 2.32. The van der Waals surface area contributed by atoms with Crippen molar-refractivity contribution in [3.05, 3.63) is 129 Å². The molecule has 0 fully saturated rings. The van der Waals surface area contributed by atoms with Crippen molar-refractivity contribution in [2.75, 3.05) is 0 Å². The maximum absolute atomic E-state index is 14.0. The molecule has 0 saturated carbocycles. The fraction of sp³-hybridized carbons (Fsp3) is 0.129. The van der Waals surface area contributed by atoms with E-state index in [1.165, 1.54) is 11.3 Å². The van der Waals surface area contributed by atoms with E-state index in [0.717, 1.165) is 21.6 Å². The normalized spacial score (nSPS) is 10.7. The molecule has 5 nitrogen and oxygen atoms in total. The van der Waals surface area contributed by atoms with E-state index in [1.54, 1.807) is 10.6 Å². The van der Waals surface area contributed by atoms with Crippen molar-refractivity contribution < 1.29 is 4.74 Å². The van der Waals surface area contributed by atoms with E-state index >= 15 is 0 Å². The Kier molecular flexibility index (Phi) is 7.25. The fourth-order valence-electron chi connectivity index (χ4n) is 4.29. The summed E-state index contributed by atoms with van der Waals surface area (Å²) in [5.74, 6) is 1.24. The van der Waals surface area contributed by atoms with Gasteiger partial charge in [0.1, 0.15) is 29.1 Å². The van der Waals surface area contributed by atoms with Gasteiger partial charge in [0.05, 0.1) is 16.8 Å². The smallest absolute Gasteiger partial charge is 0.262 e. The van der Waals surface area contributed by atoms with E-state index in [2.05, 4.69) is 18.2 Å². The second-order valence-electron chi connectivity index (χ2n) is 8.63. The zero-order chi connectivity index (χ0) is 25.6. The number of nitriles is 1. The van der Waals surface area contributed by atoms with Crippen LogP contribution in [0.15, 0.2) is 102 Å². The van der Waals surface area contributed by atoms with Crippen LogP contribution >= 0.6 is 11.3 Å². The Morgan fingerprint density at radius 1 is 0.892 bits per heavy atom. The van der Waals surface area contributed by atoms with Crippen LogP contribution in [0.2, 0.25) is 0 Å². The first-order valence-electron chi connectivity index (χ1n) is 12.1. The van der Waals surface area contributed by atoms with Crippen molar-refractivity contribution in [2.45, 2.75) is 26.5 Å². The summed E-state index contributed by atoms with van der Waals surface area (Å²) >= 11 is 1.31. The van der Waals surface area contributed by atoms with Crippen LogP contribution in [-0.4, -0.2) is 9.55 Å². The lowest BCUT2D eigenvalue weighted by Crippen LogP contribution is -2.27. The number of ether oxygens (including phenoxy) is 1. The largest absolute Gasteiger partial charge is 0.488 e. The van der Waals surface area contributed by atoms with Gasteiger partial charge in [0.15, 0.2) is 0 Å². The molecule has 3 aromatic carbocycles. The Hall–Kier alpha value is -4.47. The topological polar surface area (TPSA) is 67.9 Å². The molecular formula is C31H25N3O2S. The Labute approximate surface area is 219 Å². The predicted octanol–water partition coefficient (Wildman–Crippen LogP) is 6.64. The van der Waals surface area contributed by atoms with Crippen molar-refractivity contribution in [3.63, 3.8) is 0 Å². The zero-order valence-electron chi connectivity index (χ0n) is 20.4. The van der Waals surface area contributed by atoms with Gasteiger partial charge in [-0.05, 0) is 48.7 Å². The van der Waals surface area contributed by atoms with Crippen molar-refractivity contribution in [2.24, 2.45) is 0 Å². The van der Waals surface area contributed by atoms with Crippen LogP contribution < -0.4 is 10.3 Å². The molecule has 0 saturated heterocycles. The summed E-state index contributed by atoms with van der Waals surface area (Å²) in [6.07, 6.45) is 0.679. The maximum Gasteiger partial charge on any atom is 0.262 e. The molecule has 0 unspecified atom stereocenters. The van der Waals surface area contributed by atoms with Crippen LogP contribution in [0, 0.1) is 18.3 Å². The molecule has 0 radical (unpaired) electrons. The lowest BCUT2D eigenvalue weighted by Gasteiger charge is -2.18. The highest BCUT2D eigenvalue weighted by atomic mass is 32.1. The van der Waals surface area contributed by atoms with E-state index in [-0.39, 0.29) is 5.56 Å². The molecule has 6 heteroatoms. The number of benzene rings is 3. The summed E-state index contributed by atoms with van der Waals surface area (Å²) < 4.78 is 7.96. The molecule has 5 aromatic rings. The zero-order valence-corrected chi connectivity index (χ0v) is 21.2. The molecule has 182 valence electrons. The van der Waals surface area contributed by atoms with Gasteiger partial charge in [-0.3, -0.25) is 9.36 Å². The lowest BCUT2D eigenvalue weighted by atomic mass is 10.1. The van der Waals surface area contributed by atoms with Crippen molar-refractivity contribution >= 4 is 11.3 Å². The van der Waals surface area contributed by atoms with Crippen LogP contribution in [-0.2, 0) is 19.6 Å². The van der Waals surface area contributed by atoms with Crippen LogP contribution in [0.5, 0.6) is 5.75 Å². The molecule has 0 bridgehead atoms. The van der Waals surface area contributed by atoms with Gasteiger partial charge in [0.2, 0.25) is 0 Å². The Morgan fingerprint density at radius 2 is 1.57 bits per heavy atom. The highest BCUT2D eigenvalue weighted by Gasteiger charge is 2.20. The number of rotatable bonds is 8.